The Kier molecular flexibility index (Phi) is 4.24. The molecule has 3 heterocycles. The van der Waals surface area contributed by atoms with Crippen molar-refractivity contribution in [2.45, 2.75) is 44.6 Å². The zero-order valence-electron chi connectivity index (χ0n) is 12.1. The van der Waals surface area contributed by atoms with Gasteiger partial charge in [-0.15, -0.1) is 0 Å². The quantitative estimate of drug-likeness (QED) is 0.776. The Bertz CT molecular complexity index is 373. The van der Waals surface area contributed by atoms with Gasteiger partial charge in [-0.05, 0) is 32.1 Å². The third-order valence-electron chi connectivity index (χ3n) is 4.68. The first kappa shape index (κ1) is 13.9. The van der Waals surface area contributed by atoms with E-state index in [0.29, 0.717) is 19.5 Å². The van der Waals surface area contributed by atoms with E-state index in [4.69, 9.17) is 4.74 Å². The second-order valence-corrected chi connectivity index (χ2v) is 6.22. The molecule has 3 rings (SSSR count). The Balaban J connectivity index is 1.53. The molecule has 20 heavy (non-hydrogen) atoms. The molecule has 0 radical (unpaired) electrons. The maximum absolute atomic E-state index is 12.4. The lowest BCUT2D eigenvalue weighted by Crippen LogP contribution is -2.41. The summed E-state index contributed by atoms with van der Waals surface area (Å²) in [7, 11) is 0. The number of ether oxygens (including phenoxy) is 1. The molecule has 2 atom stereocenters. The van der Waals surface area contributed by atoms with Gasteiger partial charge in [0, 0.05) is 39.2 Å². The highest BCUT2D eigenvalue weighted by atomic mass is 16.5. The molecule has 0 saturated carbocycles. The fourth-order valence-corrected chi connectivity index (χ4v) is 3.52. The number of piperidine rings is 1. The second kappa shape index (κ2) is 6.12. The number of rotatable bonds is 3. The largest absolute Gasteiger partial charge is 0.376 e. The number of carbonyl (C=O) groups excluding carboxylic acids is 2. The number of carbonyl (C=O) groups is 2. The van der Waals surface area contributed by atoms with Crippen LogP contribution in [0.15, 0.2) is 0 Å². The monoisotopic (exact) mass is 280 g/mol. The molecule has 0 aliphatic carbocycles. The minimum Gasteiger partial charge on any atom is -0.376 e. The van der Waals surface area contributed by atoms with Crippen LogP contribution < -0.4 is 0 Å². The first-order chi connectivity index (χ1) is 9.74. The summed E-state index contributed by atoms with van der Waals surface area (Å²) in [5, 5.41) is 0. The topological polar surface area (TPSA) is 49.9 Å². The molecule has 3 aliphatic rings. The van der Waals surface area contributed by atoms with E-state index >= 15 is 0 Å². The van der Waals surface area contributed by atoms with Crippen LogP contribution in [0.3, 0.4) is 0 Å². The van der Waals surface area contributed by atoms with E-state index < -0.39 is 0 Å². The van der Waals surface area contributed by atoms with Crippen molar-refractivity contribution in [3.05, 3.63) is 0 Å². The van der Waals surface area contributed by atoms with E-state index in [2.05, 4.69) is 0 Å². The van der Waals surface area contributed by atoms with Gasteiger partial charge in [0.25, 0.3) is 0 Å². The zero-order chi connectivity index (χ0) is 13.9. The van der Waals surface area contributed by atoms with Gasteiger partial charge in [-0.25, -0.2) is 0 Å². The molecule has 0 bridgehead atoms. The van der Waals surface area contributed by atoms with Gasteiger partial charge in [0.15, 0.2) is 0 Å². The molecular formula is C15H24N2O3. The Morgan fingerprint density at radius 2 is 2.00 bits per heavy atom. The van der Waals surface area contributed by atoms with Gasteiger partial charge >= 0.3 is 0 Å². The van der Waals surface area contributed by atoms with Crippen molar-refractivity contribution >= 4 is 11.8 Å². The molecular weight excluding hydrogens is 256 g/mol. The summed E-state index contributed by atoms with van der Waals surface area (Å²) in [5.74, 6) is 0.186. The summed E-state index contributed by atoms with van der Waals surface area (Å²) in [6.45, 7) is 3.81. The van der Waals surface area contributed by atoms with Gasteiger partial charge in [-0.1, -0.05) is 0 Å². The van der Waals surface area contributed by atoms with Gasteiger partial charge in [-0.3, -0.25) is 9.59 Å². The summed E-state index contributed by atoms with van der Waals surface area (Å²) in [6.07, 6.45) is 6.12. The highest BCUT2D eigenvalue weighted by Gasteiger charge is 2.37. The zero-order valence-corrected chi connectivity index (χ0v) is 12.1. The second-order valence-electron chi connectivity index (χ2n) is 6.22. The minimum absolute atomic E-state index is 0.121. The number of nitrogens with zero attached hydrogens (tertiary/aromatic N) is 2. The lowest BCUT2D eigenvalue weighted by molar-refractivity contribution is -0.136. The summed E-state index contributed by atoms with van der Waals surface area (Å²) in [5.41, 5.74) is 0. The molecule has 3 fully saturated rings. The molecule has 3 aliphatic heterocycles. The van der Waals surface area contributed by atoms with Gasteiger partial charge < -0.3 is 14.5 Å². The van der Waals surface area contributed by atoms with Gasteiger partial charge in [0.2, 0.25) is 11.8 Å². The van der Waals surface area contributed by atoms with Crippen LogP contribution in [0, 0.1) is 5.92 Å². The van der Waals surface area contributed by atoms with Crippen LogP contribution in [0.25, 0.3) is 0 Å². The Labute approximate surface area is 120 Å². The molecule has 3 saturated heterocycles. The summed E-state index contributed by atoms with van der Waals surface area (Å²) in [6, 6.07) is 0. The van der Waals surface area contributed by atoms with Crippen LogP contribution >= 0.6 is 0 Å². The molecule has 0 aromatic carbocycles. The Morgan fingerprint density at radius 3 is 2.70 bits per heavy atom. The predicted molar refractivity (Wildman–Crippen MR) is 74.1 cm³/mol. The third kappa shape index (κ3) is 2.97. The molecule has 0 aromatic heterocycles. The summed E-state index contributed by atoms with van der Waals surface area (Å²) in [4.78, 5) is 28.3. The molecule has 2 unspecified atom stereocenters. The van der Waals surface area contributed by atoms with Crippen LogP contribution in [0.4, 0.5) is 0 Å². The Hall–Kier alpha value is -1.10. The first-order valence-electron chi connectivity index (χ1n) is 7.92. The highest BCUT2D eigenvalue weighted by Crippen LogP contribution is 2.24. The van der Waals surface area contributed by atoms with Crippen LogP contribution in [0.5, 0.6) is 0 Å². The van der Waals surface area contributed by atoms with E-state index in [1.54, 1.807) is 0 Å². The summed E-state index contributed by atoms with van der Waals surface area (Å²) >= 11 is 0. The van der Waals surface area contributed by atoms with E-state index in [-0.39, 0.29) is 23.8 Å². The van der Waals surface area contributed by atoms with Gasteiger partial charge in [0.1, 0.15) is 0 Å². The normalized spacial score (nSPS) is 31.1. The Morgan fingerprint density at radius 1 is 1.20 bits per heavy atom. The molecule has 0 aromatic rings. The van der Waals surface area contributed by atoms with Crippen molar-refractivity contribution in [1.82, 2.24) is 9.80 Å². The molecule has 112 valence electrons. The van der Waals surface area contributed by atoms with Crippen LogP contribution in [0.1, 0.15) is 38.5 Å². The van der Waals surface area contributed by atoms with E-state index in [1.165, 1.54) is 6.42 Å². The van der Waals surface area contributed by atoms with E-state index in [1.807, 2.05) is 9.80 Å². The molecule has 2 amide bonds. The number of hydrogen-bond donors (Lipinski definition) is 0. The fraction of sp³-hybridized carbons (Fsp3) is 0.867. The van der Waals surface area contributed by atoms with Crippen molar-refractivity contribution in [1.29, 1.82) is 0 Å². The van der Waals surface area contributed by atoms with E-state index in [9.17, 15) is 9.59 Å². The average molecular weight is 280 g/mol. The molecule has 0 spiro atoms. The van der Waals surface area contributed by atoms with E-state index in [0.717, 1.165) is 45.4 Å². The molecule has 5 heteroatoms. The minimum atomic E-state index is -0.123. The predicted octanol–water partition coefficient (Wildman–Crippen LogP) is 1.03. The first-order valence-corrected chi connectivity index (χ1v) is 7.92. The molecule has 0 N–H and O–H groups in total. The smallest absolute Gasteiger partial charge is 0.227 e. The van der Waals surface area contributed by atoms with Crippen molar-refractivity contribution < 1.29 is 14.3 Å². The lowest BCUT2D eigenvalue weighted by atomic mass is 10.0. The van der Waals surface area contributed by atoms with Gasteiger partial charge in [-0.2, -0.15) is 0 Å². The van der Waals surface area contributed by atoms with Crippen molar-refractivity contribution in [2.24, 2.45) is 5.92 Å². The number of hydrogen-bond acceptors (Lipinski definition) is 3. The maximum Gasteiger partial charge on any atom is 0.227 e. The standard InChI is InChI=1S/C15H24N2O3/c18-14-9-12(15(19)16-6-2-1-3-7-16)10-17(14)11-13-5-4-8-20-13/h12-13H,1-11H2. The maximum atomic E-state index is 12.4. The number of amides is 2. The summed E-state index contributed by atoms with van der Waals surface area (Å²) < 4.78 is 5.59. The van der Waals surface area contributed by atoms with Crippen LogP contribution in [0.2, 0.25) is 0 Å². The van der Waals surface area contributed by atoms with Crippen molar-refractivity contribution in [3.8, 4) is 0 Å². The van der Waals surface area contributed by atoms with Crippen LogP contribution in [-0.4, -0.2) is 60.5 Å². The average Bonchev–Trinajstić information content (AvgIpc) is 3.10. The van der Waals surface area contributed by atoms with Crippen molar-refractivity contribution in [2.75, 3.05) is 32.8 Å². The fourth-order valence-electron chi connectivity index (χ4n) is 3.52. The molecule has 5 nitrogen and oxygen atoms in total. The lowest BCUT2D eigenvalue weighted by Gasteiger charge is -2.29. The van der Waals surface area contributed by atoms with Gasteiger partial charge in [0.05, 0.1) is 12.0 Å². The highest BCUT2D eigenvalue weighted by molar-refractivity contribution is 5.89. The SMILES string of the molecule is O=C1CC(C(=O)N2CCCCC2)CN1CC1CCCO1. The van der Waals surface area contributed by atoms with Crippen molar-refractivity contribution in [3.63, 3.8) is 0 Å². The third-order valence-corrected chi connectivity index (χ3v) is 4.68. The number of likely N-dealkylation sites (tertiary alicyclic amines) is 2. The van der Waals surface area contributed by atoms with Crippen LogP contribution in [-0.2, 0) is 14.3 Å².